The second kappa shape index (κ2) is 6.62. The fraction of sp³-hybridized carbons (Fsp3) is 0.462. The Kier molecular flexibility index (Phi) is 4.86. The number of unbranched alkanes of at least 4 members (excludes halogenated alkanes) is 2. The van der Waals surface area contributed by atoms with Gasteiger partial charge in [-0.1, -0.05) is 0 Å². The molecule has 2 aromatic heterocycles. The first-order valence-electron chi connectivity index (χ1n) is 6.47. The van der Waals surface area contributed by atoms with E-state index in [0.29, 0.717) is 21.1 Å². The first-order valence-corrected chi connectivity index (χ1v) is 7.29. The predicted octanol–water partition coefficient (Wildman–Crippen LogP) is 2.27. The molecule has 0 atom stereocenters. The lowest BCUT2D eigenvalue weighted by Gasteiger charge is -2.06. The number of aromatic nitrogens is 2. The summed E-state index contributed by atoms with van der Waals surface area (Å²) in [4.78, 5) is 20.5. The summed E-state index contributed by atoms with van der Waals surface area (Å²) in [5.74, 6) is -0.250. The third kappa shape index (κ3) is 3.05. The molecular weight excluding hydrogens is 278 g/mol. The SMILES string of the molecule is Cc1c(C(=O)O)sc2ncnc(NCCCCCO)c12. The van der Waals surface area contributed by atoms with Crippen molar-refractivity contribution in [1.29, 1.82) is 0 Å². The molecule has 6 nitrogen and oxygen atoms in total. The van der Waals surface area contributed by atoms with Gasteiger partial charge in [0.25, 0.3) is 0 Å². The van der Waals surface area contributed by atoms with Crippen molar-refractivity contribution < 1.29 is 15.0 Å². The van der Waals surface area contributed by atoms with E-state index >= 15 is 0 Å². The summed E-state index contributed by atoms with van der Waals surface area (Å²) >= 11 is 1.17. The highest BCUT2D eigenvalue weighted by atomic mass is 32.1. The Labute approximate surface area is 120 Å². The zero-order valence-electron chi connectivity index (χ0n) is 11.2. The van der Waals surface area contributed by atoms with Crippen LogP contribution < -0.4 is 5.32 Å². The Morgan fingerprint density at radius 1 is 1.35 bits per heavy atom. The van der Waals surface area contributed by atoms with Gasteiger partial charge in [0.2, 0.25) is 0 Å². The topological polar surface area (TPSA) is 95.3 Å². The van der Waals surface area contributed by atoms with Gasteiger partial charge in [0.15, 0.2) is 0 Å². The van der Waals surface area contributed by atoms with Crippen molar-refractivity contribution in [3.63, 3.8) is 0 Å². The molecule has 0 amide bonds. The molecule has 0 bridgehead atoms. The fourth-order valence-corrected chi connectivity index (χ4v) is 3.02. The largest absolute Gasteiger partial charge is 0.477 e. The van der Waals surface area contributed by atoms with Crippen LogP contribution in [0.25, 0.3) is 10.2 Å². The van der Waals surface area contributed by atoms with Crippen LogP contribution in [0.5, 0.6) is 0 Å². The van der Waals surface area contributed by atoms with Crippen LogP contribution in [0.15, 0.2) is 6.33 Å². The van der Waals surface area contributed by atoms with Gasteiger partial charge in [-0.05, 0) is 31.7 Å². The molecule has 0 aliphatic carbocycles. The lowest BCUT2D eigenvalue weighted by atomic mass is 10.2. The number of nitrogens with zero attached hydrogens (tertiary/aromatic N) is 2. The summed E-state index contributed by atoms with van der Waals surface area (Å²) in [6.07, 6.45) is 4.11. The third-order valence-electron chi connectivity index (χ3n) is 3.05. The third-order valence-corrected chi connectivity index (χ3v) is 4.24. The number of fused-ring (bicyclic) bond motifs is 1. The van der Waals surface area contributed by atoms with Gasteiger partial charge in [-0.25, -0.2) is 14.8 Å². The minimum absolute atomic E-state index is 0.212. The molecule has 7 heteroatoms. The number of carbonyl (C=O) groups is 1. The zero-order chi connectivity index (χ0) is 14.5. The number of aliphatic hydroxyl groups excluding tert-OH is 1. The molecule has 0 saturated heterocycles. The quantitative estimate of drug-likeness (QED) is 0.678. The number of hydrogen-bond acceptors (Lipinski definition) is 6. The Hall–Kier alpha value is -1.73. The number of aromatic carboxylic acids is 1. The van der Waals surface area contributed by atoms with Crippen LogP contribution in [-0.4, -0.2) is 39.3 Å². The van der Waals surface area contributed by atoms with E-state index in [1.807, 2.05) is 0 Å². The summed E-state index contributed by atoms with van der Waals surface area (Å²) in [6, 6.07) is 0. The van der Waals surface area contributed by atoms with Crippen molar-refractivity contribution in [1.82, 2.24) is 9.97 Å². The van der Waals surface area contributed by atoms with Gasteiger partial charge in [0.1, 0.15) is 21.9 Å². The van der Waals surface area contributed by atoms with Crippen molar-refractivity contribution >= 4 is 33.3 Å². The van der Waals surface area contributed by atoms with Gasteiger partial charge >= 0.3 is 5.97 Å². The van der Waals surface area contributed by atoms with Crippen LogP contribution >= 0.6 is 11.3 Å². The van der Waals surface area contributed by atoms with E-state index in [2.05, 4.69) is 15.3 Å². The Bertz CT molecular complexity index is 612. The maximum absolute atomic E-state index is 11.2. The summed E-state index contributed by atoms with van der Waals surface area (Å²) in [5, 5.41) is 21.9. The first-order chi connectivity index (χ1) is 9.65. The van der Waals surface area contributed by atoms with E-state index in [0.717, 1.165) is 31.2 Å². The number of rotatable bonds is 7. The molecular formula is C13H17N3O3S. The highest BCUT2D eigenvalue weighted by molar-refractivity contribution is 7.20. The fourth-order valence-electron chi connectivity index (χ4n) is 2.03. The maximum Gasteiger partial charge on any atom is 0.346 e. The van der Waals surface area contributed by atoms with Crippen LogP contribution in [0.3, 0.4) is 0 Å². The van der Waals surface area contributed by atoms with E-state index in [9.17, 15) is 4.79 Å². The summed E-state index contributed by atoms with van der Waals surface area (Å²) in [7, 11) is 0. The van der Waals surface area contributed by atoms with Crippen LogP contribution in [0, 0.1) is 6.92 Å². The van der Waals surface area contributed by atoms with Gasteiger partial charge in [0, 0.05) is 13.2 Å². The van der Waals surface area contributed by atoms with Crippen molar-refractivity contribution in [2.24, 2.45) is 0 Å². The highest BCUT2D eigenvalue weighted by Gasteiger charge is 2.18. The number of thiophene rings is 1. The number of carboxylic acid groups (broad SMARTS) is 1. The smallest absolute Gasteiger partial charge is 0.346 e. The molecule has 2 rings (SSSR count). The maximum atomic E-state index is 11.2. The minimum atomic E-state index is -0.931. The molecule has 0 aliphatic rings. The molecule has 3 N–H and O–H groups in total. The lowest BCUT2D eigenvalue weighted by molar-refractivity contribution is 0.0701. The van der Waals surface area contributed by atoms with Crippen molar-refractivity contribution in [2.75, 3.05) is 18.5 Å². The number of anilines is 1. The summed E-state index contributed by atoms with van der Waals surface area (Å²) in [5.41, 5.74) is 0.705. The van der Waals surface area contributed by atoms with Gasteiger partial charge < -0.3 is 15.5 Å². The van der Waals surface area contributed by atoms with Gasteiger partial charge in [-0.15, -0.1) is 11.3 Å². The predicted molar refractivity (Wildman–Crippen MR) is 78.5 cm³/mol. The van der Waals surface area contributed by atoms with Crippen LogP contribution in [0.4, 0.5) is 5.82 Å². The summed E-state index contributed by atoms with van der Waals surface area (Å²) < 4.78 is 0. The van der Waals surface area contributed by atoms with Gasteiger partial charge in [0.05, 0.1) is 5.39 Å². The van der Waals surface area contributed by atoms with E-state index in [1.165, 1.54) is 17.7 Å². The molecule has 0 spiro atoms. The van der Waals surface area contributed by atoms with Crippen LogP contribution in [0.2, 0.25) is 0 Å². The normalized spacial score (nSPS) is 10.9. The zero-order valence-corrected chi connectivity index (χ0v) is 12.0. The number of nitrogens with one attached hydrogen (secondary N) is 1. The Morgan fingerprint density at radius 2 is 2.15 bits per heavy atom. The minimum Gasteiger partial charge on any atom is -0.477 e. The molecule has 0 unspecified atom stereocenters. The van der Waals surface area contributed by atoms with E-state index in [1.54, 1.807) is 6.92 Å². The van der Waals surface area contributed by atoms with Crippen LogP contribution in [0.1, 0.15) is 34.5 Å². The number of aryl methyl sites for hydroxylation is 1. The average molecular weight is 295 g/mol. The van der Waals surface area contributed by atoms with Crippen molar-refractivity contribution in [3.05, 3.63) is 16.8 Å². The van der Waals surface area contributed by atoms with Gasteiger partial charge in [-0.2, -0.15) is 0 Å². The van der Waals surface area contributed by atoms with Gasteiger partial charge in [-0.3, -0.25) is 0 Å². The molecule has 0 radical (unpaired) electrons. The Morgan fingerprint density at radius 3 is 2.85 bits per heavy atom. The molecule has 0 aromatic carbocycles. The molecule has 0 fully saturated rings. The highest BCUT2D eigenvalue weighted by Crippen LogP contribution is 2.33. The first kappa shape index (κ1) is 14.7. The molecule has 0 aliphatic heterocycles. The molecule has 2 aromatic rings. The molecule has 20 heavy (non-hydrogen) atoms. The summed E-state index contributed by atoms with van der Waals surface area (Å²) in [6.45, 7) is 2.73. The standard InChI is InChI=1S/C13H17N3O3S/c1-8-9-11(14-5-3-2-4-6-17)15-7-16-12(9)20-10(8)13(18)19/h7,17H,2-6H2,1H3,(H,18,19)(H,14,15,16). The second-order valence-electron chi connectivity index (χ2n) is 4.47. The number of carboxylic acids is 1. The van der Waals surface area contributed by atoms with Crippen molar-refractivity contribution in [2.45, 2.75) is 26.2 Å². The van der Waals surface area contributed by atoms with E-state index in [4.69, 9.17) is 10.2 Å². The second-order valence-corrected chi connectivity index (χ2v) is 5.47. The number of hydrogen-bond donors (Lipinski definition) is 3. The molecule has 108 valence electrons. The van der Waals surface area contributed by atoms with Crippen molar-refractivity contribution in [3.8, 4) is 0 Å². The molecule has 2 heterocycles. The molecule has 0 saturated carbocycles. The monoisotopic (exact) mass is 295 g/mol. The van der Waals surface area contributed by atoms with E-state index < -0.39 is 5.97 Å². The number of aliphatic hydroxyl groups is 1. The Balaban J connectivity index is 2.19. The lowest BCUT2D eigenvalue weighted by Crippen LogP contribution is -2.04. The van der Waals surface area contributed by atoms with Crippen LogP contribution in [-0.2, 0) is 0 Å². The van der Waals surface area contributed by atoms with E-state index in [-0.39, 0.29) is 6.61 Å². The average Bonchev–Trinajstić information content (AvgIpc) is 2.77.